The van der Waals surface area contributed by atoms with Gasteiger partial charge in [0, 0.05) is 14.0 Å². The van der Waals surface area contributed by atoms with E-state index in [4.69, 9.17) is 23.4 Å². The number of carbonyl (C=O) groups is 4. The van der Waals surface area contributed by atoms with E-state index in [-0.39, 0.29) is 48.3 Å². The second kappa shape index (κ2) is 11.4. The molecule has 12 nitrogen and oxygen atoms in total. The van der Waals surface area contributed by atoms with Gasteiger partial charge in [-0.15, -0.1) is 0 Å². The van der Waals surface area contributed by atoms with Crippen LogP contribution in [0, 0.1) is 0 Å². The molecule has 0 aliphatic carbocycles. The third-order valence-corrected chi connectivity index (χ3v) is 4.73. The monoisotopic (exact) mass is 484 g/mol. The summed E-state index contributed by atoms with van der Waals surface area (Å²) in [7, 11) is -3.37. The third-order valence-electron chi connectivity index (χ3n) is 3.90. The summed E-state index contributed by atoms with van der Waals surface area (Å²) >= 11 is 0. The van der Waals surface area contributed by atoms with Crippen molar-refractivity contribution in [3.05, 3.63) is 53.0 Å². The third kappa shape index (κ3) is 7.52. The molecule has 178 valence electrons. The first-order chi connectivity index (χ1) is 15.5. The Balaban J connectivity index is 2.02. The summed E-state index contributed by atoms with van der Waals surface area (Å²) in [5.74, 6) is -3.53. The molecule has 1 aromatic heterocycles. The molecule has 0 spiro atoms. The van der Waals surface area contributed by atoms with Gasteiger partial charge in [-0.1, -0.05) is 0 Å². The van der Waals surface area contributed by atoms with Crippen molar-refractivity contribution in [3.63, 3.8) is 0 Å². The number of Topliss-reactive ketones (excluding diaryl/α,β-unsaturated/α-hetero) is 1. The minimum absolute atomic E-state index is 0.0244. The lowest BCUT2D eigenvalue weighted by Crippen LogP contribution is -2.16. The van der Waals surface area contributed by atoms with E-state index in [1.165, 1.54) is 26.2 Å². The Morgan fingerprint density at radius 1 is 0.818 bits per heavy atom. The van der Waals surface area contributed by atoms with E-state index in [1.54, 1.807) is 0 Å². The molecule has 1 N–H and O–H groups in total. The molecule has 0 radical (unpaired) electrons. The Bertz CT molecular complexity index is 1150. The Labute approximate surface area is 188 Å². The van der Waals surface area contributed by atoms with Crippen molar-refractivity contribution >= 4 is 33.8 Å². The molecule has 0 bridgehead atoms. The first kappa shape index (κ1) is 25.7. The SMILES string of the molecule is COCCOC(=O)c1cc(C(=O)OCCOC(=O)c2ccc(C(C)=O)o2)cc(S(=O)(=O)O)c1. The van der Waals surface area contributed by atoms with Crippen molar-refractivity contribution in [1.82, 2.24) is 0 Å². The Kier molecular flexibility index (Phi) is 8.85. The van der Waals surface area contributed by atoms with Crippen LogP contribution in [-0.4, -0.2) is 70.2 Å². The molecule has 0 saturated carbocycles. The van der Waals surface area contributed by atoms with Gasteiger partial charge >= 0.3 is 17.9 Å². The average molecular weight is 484 g/mol. The van der Waals surface area contributed by atoms with Gasteiger partial charge in [0.15, 0.2) is 11.5 Å². The van der Waals surface area contributed by atoms with E-state index in [9.17, 15) is 32.1 Å². The van der Waals surface area contributed by atoms with Gasteiger partial charge in [0.05, 0.1) is 22.6 Å². The molecule has 1 aromatic carbocycles. The van der Waals surface area contributed by atoms with Gasteiger partial charge in [-0.2, -0.15) is 8.42 Å². The minimum atomic E-state index is -4.76. The number of esters is 3. The van der Waals surface area contributed by atoms with E-state index >= 15 is 0 Å². The Morgan fingerprint density at radius 3 is 1.76 bits per heavy atom. The van der Waals surface area contributed by atoms with Crippen LogP contribution in [0.1, 0.15) is 48.7 Å². The highest BCUT2D eigenvalue weighted by Crippen LogP contribution is 2.17. The van der Waals surface area contributed by atoms with Crippen LogP contribution >= 0.6 is 0 Å². The fraction of sp³-hybridized carbons (Fsp3) is 0.300. The molecule has 2 aromatic rings. The molecule has 0 aliphatic rings. The summed E-state index contributed by atoms with van der Waals surface area (Å²) in [6, 6.07) is 5.21. The maximum atomic E-state index is 12.3. The zero-order chi connectivity index (χ0) is 24.6. The molecule has 33 heavy (non-hydrogen) atoms. The van der Waals surface area contributed by atoms with E-state index in [0.29, 0.717) is 0 Å². The summed E-state index contributed by atoms with van der Waals surface area (Å²) < 4.78 is 56.7. The highest BCUT2D eigenvalue weighted by Gasteiger charge is 2.20. The first-order valence-corrected chi connectivity index (χ1v) is 10.7. The highest BCUT2D eigenvalue weighted by atomic mass is 32.2. The zero-order valence-corrected chi connectivity index (χ0v) is 18.4. The van der Waals surface area contributed by atoms with E-state index in [1.807, 2.05) is 0 Å². The Hall–Kier alpha value is -3.55. The molecule has 1 heterocycles. The van der Waals surface area contributed by atoms with E-state index in [0.717, 1.165) is 18.2 Å². The molecule has 0 unspecified atom stereocenters. The predicted octanol–water partition coefficient (Wildman–Crippen LogP) is 1.55. The van der Waals surface area contributed by atoms with Crippen LogP contribution < -0.4 is 0 Å². The van der Waals surface area contributed by atoms with Crippen LogP contribution in [0.15, 0.2) is 39.6 Å². The van der Waals surface area contributed by atoms with Crippen molar-refractivity contribution in [1.29, 1.82) is 0 Å². The van der Waals surface area contributed by atoms with Crippen LogP contribution in [0.25, 0.3) is 0 Å². The Morgan fingerprint density at radius 2 is 1.30 bits per heavy atom. The topological polar surface area (TPSA) is 173 Å². The number of rotatable bonds is 11. The molecular weight excluding hydrogens is 464 g/mol. The van der Waals surface area contributed by atoms with Crippen LogP contribution in [-0.2, 0) is 29.1 Å². The van der Waals surface area contributed by atoms with Gasteiger partial charge in [0.25, 0.3) is 10.1 Å². The van der Waals surface area contributed by atoms with Crippen LogP contribution in [0.3, 0.4) is 0 Å². The van der Waals surface area contributed by atoms with Gasteiger partial charge in [-0.25, -0.2) is 14.4 Å². The van der Waals surface area contributed by atoms with Gasteiger partial charge in [-0.05, 0) is 30.3 Å². The summed E-state index contributed by atoms with van der Waals surface area (Å²) in [5.41, 5.74) is -0.689. The van der Waals surface area contributed by atoms with Crippen molar-refractivity contribution in [3.8, 4) is 0 Å². The summed E-state index contributed by atoms with van der Waals surface area (Å²) in [6.45, 7) is 0.417. The fourth-order valence-corrected chi connectivity index (χ4v) is 2.90. The number of methoxy groups -OCH3 is 1. The lowest BCUT2D eigenvalue weighted by atomic mass is 10.1. The van der Waals surface area contributed by atoms with Crippen LogP contribution in [0.2, 0.25) is 0 Å². The lowest BCUT2D eigenvalue weighted by Gasteiger charge is -2.09. The maximum Gasteiger partial charge on any atom is 0.374 e. The molecule has 0 amide bonds. The number of ether oxygens (including phenoxy) is 4. The zero-order valence-electron chi connectivity index (χ0n) is 17.6. The summed E-state index contributed by atoms with van der Waals surface area (Å²) in [4.78, 5) is 46.7. The fourth-order valence-electron chi connectivity index (χ4n) is 2.34. The van der Waals surface area contributed by atoms with Crippen LogP contribution in [0.5, 0.6) is 0 Å². The number of carbonyl (C=O) groups excluding carboxylic acids is 4. The smallest absolute Gasteiger partial charge is 0.374 e. The van der Waals surface area contributed by atoms with Gasteiger partial charge in [0.2, 0.25) is 5.76 Å². The van der Waals surface area contributed by atoms with E-state index in [2.05, 4.69) is 0 Å². The second-order valence-electron chi connectivity index (χ2n) is 6.34. The first-order valence-electron chi connectivity index (χ1n) is 9.26. The van der Waals surface area contributed by atoms with Gasteiger partial charge in [0.1, 0.15) is 19.8 Å². The normalized spacial score (nSPS) is 11.0. The summed E-state index contributed by atoms with van der Waals surface area (Å²) in [6.07, 6.45) is 0. The number of ketones is 1. The predicted molar refractivity (Wildman–Crippen MR) is 108 cm³/mol. The van der Waals surface area contributed by atoms with Crippen molar-refractivity contribution < 1.29 is 55.5 Å². The number of furan rings is 1. The molecule has 13 heteroatoms. The van der Waals surface area contributed by atoms with Crippen molar-refractivity contribution in [2.24, 2.45) is 0 Å². The van der Waals surface area contributed by atoms with Crippen LogP contribution in [0.4, 0.5) is 0 Å². The standard InChI is InChI=1S/C20H20O12S/c1-12(21)16-3-4-17(32-16)20(24)31-8-7-30-19(23)14-9-13(18(22)29-6-5-28-2)10-15(11-14)33(25,26)27/h3-4,9-11H,5-8H2,1-2H3,(H,25,26,27). The summed E-state index contributed by atoms with van der Waals surface area (Å²) in [5, 5.41) is 0. The number of benzene rings is 1. The number of hydrogen-bond donors (Lipinski definition) is 1. The highest BCUT2D eigenvalue weighted by molar-refractivity contribution is 7.85. The minimum Gasteiger partial charge on any atom is -0.460 e. The molecule has 0 aliphatic heterocycles. The van der Waals surface area contributed by atoms with Gasteiger partial charge in [-0.3, -0.25) is 9.35 Å². The molecule has 0 saturated heterocycles. The van der Waals surface area contributed by atoms with E-state index < -0.39 is 39.5 Å². The van der Waals surface area contributed by atoms with Gasteiger partial charge < -0.3 is 23.4 Å². The second-order valence-corrected chi connectivity index (χ2v) is 7.76. The van der Waals surface area contributed by atoms with Crippen molar-refractivity contribution in [2.75, 3.05) is 33.5 Å². The average Bonchev–Trinajstić information content (AvgIpc) is 3.26. The maximum absolute atomic E-state index is 12.3. The van der Waals surface area contributed by atoms with Crippen molar-refractivity contribution in [2.45, 2.75) is 11.8 Å². The molecule has 0 fully saturated rings. The quantitative estimate of drug-likeness (QED) is 0.160. The molecule has 0 atom stereocenters. The number of hydrogen-bond acceptors (Lipinski definition) is 11. The molecular formula is C20H20O12S. The largest absolute Gasteiger partial charge is 0.460 e. The molecule has 2 rings (SSSR count). The lowest BCUT2D eigenvalue weighted by molar-refractivity contribution is 0.0245.